The number of Topliss-reactive ketones (excluding diaryl/α,β-unsaturated/α-hetero) is 1. The third-order valence-corrected chi connectivity index (χ3v) is 6.65. The van der Waals surface area contributed by atoms with Gasteiger partial charge in [0.1, 0.15) is 0 Å². The van der Waals surface area contributed by atoms with Crippen LogP contribution in [0.15, 0.2) is 39.5 Å². The lowest BCUT2D eigenvalue weighted by Crippen LogP contribution is -2.48. The number of ketones is 1. The van der Waals surface area contributed by atoms with Crippen LogP contribution < -0.4 is 9.47 Å². The second kappa shape index (κ2) is 10.4. The molecular formula is C24H26N4O5S. The minimum absolute atomic E-state index is 0.000113. The molecule has 2 aromatic heterocycles. The molecule has 3 aromatic rings. The van der Waals surface area contributed by atoms with Crippen LogP contribution in [0, 0.1) is 0 Å². The normalized spacial score (nSPS) is 16.3. The van der Waals surface area contributed by atoms with Crippen molar-refractivity contribution in [1.29, 1.82) is 0 Å². The highest BCUT2D eigenvalue weighted by atomic mass is 32.1. The molecule has 0 unspecified atom stereocenters. The molecule has 9 nitrogen and oxygen atoms in total. The van der Waals surface area contributed by atoms with E-state index in [0.717, 1.165) is 25.1 Å². The summed E-state index contributed by atoms with van der Waals surface area (Å²) >= 11 is 1.59. The van der Waals surface area contributed by atoms with E-state index in [2.05, 4.69) is 15.0 Å². The third kappa shape index (κ3) is 5.28. The number of rotatable bonds is 7. The standard InChI is InChI=1S/C24H26N4O5S/c29-19(17-2-4-20-21(14-17)32-12-1-11-31-20)3-5-23(30)28-9-7-27(8-10-28)15-22-25-24(26-33-22)18-6-13-34-16-18/h2,4,6,13-14,16H,1,3,5,7-12,15H2. The maximum absolute atomic E-state index is 12.7. The van der Waals surface area contributed by atoms with Gasteiger partial charge in [-0.25, -0.2) is 0 Å². The Bertz CT molecular complexity index is 1140. The van der Waals surface area contributed by atoms with Gasteiger partial charge in [-0.2, -0.15) is 16.3 Å². The van der Waals surface area contributed by atoms with Crippen molar-refractivity contribution in [2.45, 2.75) is 25.8 Å². The number of amides is 1. The van der Waals surface area contributed by atoms with Gasteiger partial charge in [0, 0.05) is 61.9 Å². The molecule has 10 heteroatoms. The summed E-state index contributed by atoms with van der Waals surface area (Å²) in [6, 6.07) is 7.18. The highest BCUT2D eigenvalue weighted by Gasteiger charge is 2.23. The van der Waals surface area contributed by atoms with Crippen molar-refractivity contribution in [2.24, 2.45) is 0 Å². The molecule has 1 saturated heterocycles. The lowest BCUT2D eigenvalue weighted by molar-refractivity contribution is -0.133. The van der Waals surface area contributed by atoms with E-state index >= 15 is 0 Å². The van der Waals surface area contributed by atoms with Gasteiger partial charge < -0.3 is 18.9 Å². The lowest BCUT2D eigenvalue weighted by atomic mass is 10.1. The molecule has 0 radical (unpaired) electrons. The molecular weight excluding hydrogens is 456 g/mol. The number of fused-ring (bicyclic) bond motifs is 1. The minimum atomic E-state index is -0.0690. The van der Waals surface area contributed by atoms with E-state index in [4.69, 9.17) is 14.0 Å². The summed E-state index contributed by atoms with van der Waals surface area (Å²) < 4.78 is 16.7. The van der Waals surface area contributed by atoms with E-state index in [1.54, 1.807) is 29.5 Å². The first-order valence-electron chi connectivity index (χ1n) is 11.4. The number of benzene rings is 1. The van der Waals surface area contributed by atoms with Crippen LogP contribution in [0.3, 0.4) is 0 Å². The van der Waals surface area contributed by atoms with E-state index < -0.39 is 0 Å². The number of aromatic nitrogens is 2. The topological polar surface area (TPSA) is 98.0 Å². The van der Waals surface area contributed by atoms with Crippen molar-refractivity contribution < 1.29 is 23.6 Å². The second-order valence-electron chi connectivity index (χ2n) is 8.32. The highest BCUT2D eigenvalue weighted by Crippen LogP contribution is 2.31. The quantitative estimate of drug-likeness (QED) is 0.474. The Balaban J connectivity index is 1.07. The molecule has 178 valence electrons. The van der Waals surface area contributed by atoms with Crippen LogP contribution in [-0.2, 0) is 11.3 Å². The van der Waals surface area contributed by atoms with Crippen LogP contribution >= 0.6 is 11.3 Å². The lowest BCUT2D eigenvalue weighted by Gasteiger charge is -2.34. The molecule has 0 N–H and O–H groups in total. The van der Waals surface area contributed by atoms with Gasteiger partial charge in [-0.15, -0.1) is 0 Å². The summed E-state index contributed by atoms with van der Waals surface area (Å²) in [5.74, 6) is 2.35. The fourth-order valence-electron chi connectivity index (χ4n) is 4.03. The smallest absolute Gasteiger partial charge is 0.241 e. The molecule has 0 aliphatic carbocycles. The van der Waals surface area contributed by atoms with Gasteiger partial charge in [0.15, 0.2) is 17.3 Å². The first-order chi connectivity index (χ1) is 16.7. The van der Waals surface area contributed by atoms with Crippen molar-refractivity contribution in [1.82, 2.24) is 19.9 Å². The predicted octanol–water partition coefficient (Wildman–Crippen LogP) is 3.27. The van der Waals surface area contributed by atoms with Crippen LogP contribution in [0.4, 0.5) is 0 Å². The fraction of sp³-hybridized carbons (Fsp3) is 0.417. The number of ether oxygens (including phenoxy) is 2. The van der Waals surface area contributed by atoms with Crippen LogP contribution in [0.1, 0.15) is 35.5 Å². The van der Waals surface area contributed by atoms with Crippen molar-refractivity contribution >= 4 is 23.0 Å². The van der Waals surface area contributed by atoms with E-state index in [9.17, 15) is 9.59 Å². The molecule has 1 aromatic carbocycles. The number of hydrogen-bond acceptors (Lipinski definition) is 9. The minimum Gasteiger partial charge on any atom is -0.490 e. The summed E-state index contributed by atoms with van der Waals surface area (Å²) in [4.78, 5) is 33.8. The van der Waals surface area contributed by atoms with Crippen LogP contribution in [0.2, 0.25) is 0 Å². The Morgan fingerprint density at radius 3 is 2.62 bits per heavy atom. The molecule has 0 atom stereocenters. The zero-order chi connectivity index (χ0) is 23.3. The Hall–Kier alpha value is -3.24. The molecule has 4 heterocycles. The van der Waals surface area contributed by atoms with Gasteiger partial charge in [-0.05, 0) is 29.6 Å². The molecule has 0 bridgehead atoms. The molecule has 2 aliphatic rings. The third-order valence-electron chi connectivity index (χ3n) is 5.97. The van der Waals surface area contributed by atoms with Crippen molar-refractivity contribution in [3.05, 3.63) is 46.5 Å². The number of carbonyl (C=O) groups is 2. The van der Waals surface area contributed by atoms with Crippen molar-refractivity contribution in [3.63, 3.8) is 0 Å². The average Bonchev–Trinajstić information content (AvgIpc) is 3.50. The van der Waals surface area contributed by atoms with E-state index in [-0.39, 0.29) is 24.5 Å². The van der Waals surface area contributed by atoms with Crippen LogP contribution in [0.25, 0.3) is 11.4 Å². The first-order valence-corrected chi connectivity index (χ1v) is 12.4. The van der Waals surface area contributed by atoms with Crippen LogP contribution in [-0.4, -0.2) is 71.0 Å². The van der Waals surface area contributed by atoms with Crippen LogP contribution in [0.5, 0.6) is 11.5 Å². The fourth-order valence-corrected chi connectivity index (χ4v) is 4.67. The van der Waals surface area contributed by atoms with Gasteiger partial charge in [-0.3, -0.25) is 14.5 Å². The first kappa shape index (κ1) is 22.5. The summed E-state index contributed by atoms with van der Waals surface area (Å²) in [5, 5.41) is 8.01. The number of hydrogen-bond donors (Lipinski definition) is 0. The monoisotopic (exact) mass is 482 g/mol. The highest BCUT2D eigenvalue weighted by molar-refractivity contribution is 7.08. The average molecular weight is 483 g/mol. The molecule has 5 rings (SSSR count). The Morgan fingerprint density at radius 1 is 1.00 bits per heavy atom. The van der Waals surface area contributed by atoms with Gasteiger partial charge in [0.25, 0.3) is 0 Å². The zero-order valence-electron chi connectivity index (χ0n) is 18.8. The number of thiophene rings is 1. The Morgan fingerprint density at radius 2 is 1.82 bits per heavy atom. The maximum atomic E-state index is 12.7. The summed E-state index contributed by atoms with van der Waals surface area (Å²) in [6.07, 6.45) is 1.18. The second-order valence-corrected chi connectivity index (χ2v) is 9.10. The zero-order valence-corrected chi connectivity index (χ0v) is 19.6. The van der Waals surface area contributed by atoms with Gasteiger partial charge in [-0.1, -0.05) is 5.16 Å². The molecule has 2 aliphatic heterocycles. The molecule has 34 heavy (non-hydrogen) atoms. The Labute approximate surface area is 201 Å². The molecule has 1 fully saturated rings. The van der Waals surface area contributed by atoms with E-state index in [1.165, 1.54) is 0 Å². The maximum Gasteiger partial charge on any atom is 0.241 e. The summed E-state index contributed by atoms with van der Waals surface area (Å²) in [5.41, 5.74) is 1.50. The largest absolute Gasteiger partial charge is 0.490 e. The van der Waals surface area contributed by atoms with Crippen molar-refractivity contribution in [2.75, 3.05) is 39.4 Å². The van der Waals surface area contributed by atoms with Gasteiger partial charge in [0.05, 0.1) is 19.8 Å². The predicted molar refractivity (Wildman–Crippen MR) is 125 cm³/mol. The summed E-state index contributed by atoms with van der Waals surface area (Å²) in [7, 11) is 0. The van der Waals surface area contributed by atoms with Gasteiger partial charge in [0.2, 0.25) is 17.6 Å². The van der Waals surface area contributed by atoms with Crippen molar-refractivity contribution in [3.8, 4) is 22.9 Å². The number of nitrogens with zero attached hydrogens (tertiary/aromatic N) is 4. The molecule has 0 spiro atoms. The Kier molecular flexibility index (Phi) is 6.87. The number of carbonyl (C=O) groups excluding carboxylic acids is 2. The molecule has 0 saturated carbocycles. The SMILES string of the molecule is O=C(CCC(=O)N1CCN(Cc2nc(-c3ccsc3)no2)CC1)c1ccc2c(c1)OCCCO2. The van der Waals surface area contributed by atoms with E-state index in [0.29, 0.717) is 61.6 Å². The number of piperazine rings is 1. The van der Waals surface area contributed by atoms with E-state index in [1.807, 2.05) is 21.7 Å². The van der Waals surface area contributed by atoms with Gasteiger partial charge >= 0.3 is 0 Å². The summed E-state index contributed by atoms with van der Waals surface area (Å²) in [6.45, 7) is 4.40. The molecule has 1 amide bonds.